The number of nitrogens with zero attached hydrogens (tertiary/aromatic N) is 2. The summed E-state index contributed by atoms with van der Waals surface area (Å²) < 4.78 is 1.82. The van der Waals surface area contributed by atoms with Crippen molar-refractivity contribution in [2.24, 2.45) is 0 Å². The first-order valence-electron chi connectivity index (χ1n) is 7.92. The molecule has 7 nitrogen and oxygen atoms in total. The predicted molar refractivity (Wildman–Crippen MR) is 91.6 cm³/mol. The van der Waals surface area contributed by atoms with E-state index in [1.807, 2.05) is 35.9 Å². The first-order valence-corrected chi connectivity index (χ1v) is 7.92. The number of aromatic nitrogens is 2. The van der Waals surface area contributed by atoms with E-state index < -0.39 is 12.0 Å². The molecule has 24 heavy (non-hydrogen) atoms. The molecule has 2 rings (SSSR count). The third kappa shape index (κ3) is 4.58. The van der Waals surface area contributed by atoms with Gasteiger partial charge in [0.2, 0.25) is 0 Å². The van der Waals surface area contributed by atoms with Crippen LogP contribution in [0.15, 0.2) is 30.5 Å². The molecular formula is C17H22N4O3. The number of anilines is 1. The fourth-order valence-corrected chi connectivity index (χ4v) is 2.39. The predicted octanol–water partition coefficient (Wildman–Crippen LogP) is 2.73. The summed E-state index contributed by atoms with van der Waals surface area (Å²) in [6.07, 6.45) is 3.17. The van der Waals surface area contributed by atoms with E-state index in [0.717, 1.165) is 29.8 Å². The van der Waals surface area contributed by atoms with Gasteiger partial charge in [-0.05, 0) is 31.0 Å². The van der Waals surface area contributed by atoms with Gasteiger partial charge < -0.3 is 15.7 Å². The minimum absolute atomic E-state index is 0.0797. The van der Waals surface area contributed by atoms with Crippen LogP contribution in [0.25, 0.3) is 5.69 Å². The van der Waals surface area contributed by atoms with Crippen LogP contribution in [-0.2, 0) is 11.2 Å². The van der Waals surface area contributed by atoms with Gasteiger partial charge in [0.1, 0.15) is 0 Å². The summed E-state index contributed by atoms with van der Waals surface area (Å²) in [4.78, 5) is 22.4. The third-order valence-corrected chi connectivity index (χ3v) is 3.47. The van der Waals surface area contributed by atoms with Crippen molar-refractivity contribution in [3.63, 3.8) is 0 Å². The van der Waals surface area contributed by atoms with Gasteiger partial charge in [0, 0.05) is 6.54 Å². The number of aliphatic carboxylic acids is 1. The van der Waals surface area contributed by atoms with Gasteiger partial charge in [-0.15, -0.1) is 0 Å². The number of hydrogen-bond donors (Lipinski definition) is 3. The number of carbonyl (C=O) groups is 2. The Morgan fingerprint density at radius 2 is 2.12 bits per heavy atom. The summed E-state index contributed by atoms with van der Waals surface area (Å²) in [5.74, 6) is -0.950. The van der Waals surface area contributed by atoms with Gasteiger partial charge in [0.05, 0.1) is 29.7 Å². The van der Waals surface area contributed by atoms with E-state index >= 15 is 0 Å². The molecule has 0 aliphatic carbocycles. The standard InChI is InChI=1S/C17H22N4O3/c1-3-5-15-14(20-17(24)18-9-8-16(22)23)11-19-21(15)13-7-4-6-12(2)10-13/h4,6-7,10-11H,3,5,8-9H2,1-2H3,(H,22,23)(H2,18,20,24). The Bertz CT molecular complexity index is 724. The number of carboxylic acid groups (broad SMARTS) is 1. The van der Waals surface area contributed by atoms with E-state index in [1.54, 1.807) is 6.20 Å². The Hall–Kier alpha value is -2.83. The van der Waals surface area contributed by atoms with Crippen LogP contribution < -0.4 is 10.6 Å². The fourth-order valence-electron chi connectivity index (χ4n) is 2.39. The number of nitrogens with one attached hydrogen (secondary N) is 2. The van der Waals surface area contributed by atoms with Crippen LogP contribution in [0.5, 0.6) is 0 Å². The van der Waals surface area contributed by atoms with Crippen LogP contribution in [0.3, 0.4) is 0 Å². The van der Waals surface area contributed by atoms with Crippen molar-refractivity contribution in [1.29, 1.82) is 0 Å². The zero-order valence-corrected chi connectivity index (χ0v) is 13.9. The van der Waals surface area contributed by atoms with Gasteiger partial charge in [-0.2, -0.15) is 5.10 Å². The molecule has 0 spiro atoms. The minimum Gasteiger partial charge on any atom is -0.481 e. The molecule has 1 heterocycles. The maximum Gasteiger partial charge on any atom is 0.319 e. The fraction of sp³-hybridized carbons (Fsp3) is 0.353. The topological polar surface area (TPSA) is 96.2 Å². The molecule has 3 N–H and O–H groups in total. The van der Waals surface area contributed by atoms with E-state index in [2.05, 4.69) is 22.7 Å². The van der Waals surface area contributed by atoms with Gasteiger partial charge in [0.25, 0.3) is 0 Å². The molecule has 0 aliphatic rings. The van der Waals surface area contributed by atoms with Crippen molar-refractivity contribution in [2.45, 2.75) is 33.1 Å². The van der Waals surface area contributed by atoms with Gasteiger partial charge >= 0.3 is 12.0 Å². The number of rotatable bonds is 7. The highest BCUT2D eigenvalue weighted by Crippen LogP contribution is 2.21. The highest BCUT2D eigenvalue weighted by Gasteiger charge is 2.14. The number of aryl methyl sites for hydroxylation is 1. The summed E-state index contributed by atoms with van der Waals surface area (Å²) in [6.45, 7) is 4.15. The average Bonchev–Trinajstić information content (AvgIpc) is 2.90. The van der Waals surface area contributed by atoms with E-state index in [0.29, 0.717) is 5.69 Å². The van der Waals surface area contributed by atoms with Crippen molar-refractivity contribution in [2.75, 3.05) is 11.9 Å². The van der Waals surface area contributed by atoms with Crippen molar-refractivity contribution in [1.82, 2.24) is 15.1 Å². The monoisotopic (exact) mass is 330 g/mol. The lowest BCUT2D eigenvalue weighted by molar-refractivity contribution is -0.136. The summed E-state index contributed by atoms with van der Waals surface area (Å²) in [7, 11) is 0. The second kappa shape index (κ2) is 8.14. The first-order chi connectivity index (χ1) is 11.5. The summed E-state index contributed by atoms with van der Waals surface area (Å²) in [5.41, 5.74) is 3.62. The number of hydrogen-bond acceptors (Lipinski definition) is 3. The van der Waals surface area contributed by atoms with Crippen LogP contribution in [0.4, 0.5) is 10.5 Å². The average molecular weight is 330 g/mol. The highest BCUT2D eigenvalue weighted by molar-refractivity contribution is 5.90. The number of amides is 2. The molecule has 0 bridgehead atoms. The lowest BCUT2D eigenvalue weighted by Gasteiger charge is -2.11. The molecule has 1 aromatic heterocycles. The van der Waals surface area contributed by atoms with Gasteiger partial charge in [-0.25, -0.2) is 9.48 Å². The molecule has 0 atom stereocenters. The van der Waals surface area contributed by atoms with Crippen LogP contribution in [0, 0.1) is 6.92 Å². The molecule has 0 aliphatic heterocycles. The van der Waals surface area contributed by atoms with Gasteiger partial charge in [0.15, 0.2) is 0 Å². The molecule has 0 radical (unpaired) electrons. The molecule has 128 valence electrons. The zero-order valence-electron chi connectivity index (χ0n) is 13.9. The van der Waals surface area contributed by atoms with Crippen LogP contribution in [-0.4, -0.2) is 33.4 Å². The Morgan fingerprint density at radius 1 is 1.33 bits per heavy atom. The SMILES string of the molecule is CCCc1c(NC(=O)NCCC(=O)O)cnn1-c1cccc(C)c1. The summed E-state index contributed by atoms with van der Waals surface area (Å²) in [5, 5.41) is 18.3. The lowest BCUT2D eigenvalue weighted by Crippen LogP contribution is -2.30. The van der Waals surface area contributed by atoms with Crippen molar-refractivity contribution >= 4 is 17.7 Å². The first kappa shape index (κ1) is 17.5. The lowest BCUT2D eigenvalue weighted by atomic mass is 10.2. The maximum absolute atomic E-state index is 11.9. The number of carbonyl (C=O) groups excluding carboxylic acids is 1. The maximum atomic E-state index is 11.9. The second-order valence-electron chi connectivity index (χ2n) is 5.53. The molecule has 0 saturated carbocycles. The molecule has 2 aromatic rings. The van der Waals surface area contributed by atoms with E-state index in [1.165, 1.54) is 0 Å². The molecular weight excluding hydrogens is 308 g/mol. The van der Waals surface area contributed by atoms with Crippen LogP contribution in [0.1, 0.15) is 31.0 Å². The highest BCUT2D eigenvalue weighted by atomic mass is 16.4. The van der Waals surface area contributed by atoms with Crippen LogP contribution >= 0.6 is 0 Å². The van der Waals surface area contributed by atoms with E-state index in [4.69, 9.17) is 5.11 Å². The molecule has 7 heteroatoms. The zero-order chi connectivity index (χ0) is 17.5. The Morgan fingerprint density at radius 3 is 2.79 bits per heavy atom. The number of urea groups is 1. The van der Waals surface area contributed by atoms with Crippen LogP contribution in [0.2, 0.25) is 0 Å². The summed E-state index contributed by atoms with van der Waals surface area (Å²) >= 11 is 0. The van der Waals surface area contributed by atoms with Gasteiger partial charge in [-0.3, -0.25) is 4.79 Å². The quantitative estimate of drug-likeness (QED) is 0.727. The van der Waals surface area contributed by atoms with Gasteiger partial charge in [-0.1, -0.05) is 25.5 Å². The Kier molecular flexibility index (Phi) is 5.95. The second-order valence-corrected chi connectivity index (χ2v) is 5.53. The number of benzene rings is 1. The van der Waals surface area contributed by atoms with Crippen molar-refractivity contribution < 1.29 is 14.7 Å². The molecule has 0 unspecified atom stereocenters. The Labute approximate surface area is 140 Å². The third-order valence-electron chi connectivity index (χ3n) is 3.47. The van der Waals surface area contributed by atoms with Crippen molar-refractivity contribution in [3.05, 3.63) is 41.7 Å². The minimum atomic E-state index is -0.950. The molecule has 0 saturated heterocycles. The normalized spacial score (nSPS) is 10.4. The van der Waals surface area contributed by atoms with Crippen molar-refractivity contribution in [3.8, 4) is 5.69 Å². The molecule has 1 aromatic carbocycles. The Balaban J connectivity index is 2.16. The molecule has 2 amide bonds. The summed E-state index contributed by atoms with van der Waals surface area (Å²) in [6, 6.07) is 7.55. The smallest absolute Gasteiger partial charge is 0.319 e. The largest absolute Gasteiger partial charge is 0.481 e. The number of carboxylic acids is 1. The van der Waals surface area contributed by atoms with E-state index in [9.17, 15) is 9.59 Å². The molecule has 0 fully saturated rings. The van der Waals surface area contributed by atoms with E-state index in [-0.39, 0.29) is 13.0 Å².